The second-order valence-electron chi connectivity index (χ2n) is 7.25. The van der Waals surface area contributed by atoms with Gasteiger partial charge >= 0.3 is 0 Å². The average Bonchev–Trinajstić information content (AvgIpc) is 2.79. The molecule has 18 heteroatoms. The van der Waals surface area contributed by atoms with Crippen molar-refractivity contribution in [2.24, 2.45) is 0 Å². The van der Waals surface area contributed by atoms with Crippen LogP contribution in [-0.4, -0.2) is 55.7 Å². The molecule has 0 saturated heterocycles. The van der Waals surface area contributed by atoms with Crippen molar-refractivity contribution < 1.29 is 37.2 Å². The van der Waals surface area contributed by atoms with Crippen molar-refractivity contribution in [3.8, 4) is 0 Å². The molecule has 0 aromatic heterocycles. The van der Waals surface area contributed by atoms with Gasteiger partial charge in [0, 0.05) is 30.3 Å². The molecule has 0 spiro atoms. The maximum absolute atomic E-state index is 11.7. The van der Waals surface area contributed by atoms with Crippen molar-refractivity contribution in [2.45, 2.75) is 5.92 Å². The van der Waals surface area contributed by atoms with E-state index in [0.29, 0.717) is 12.1 Å². The minimum Gasteiger partial charge on any atom is -0.726 e. The van der Waals surface area contributed by atoms with Gasteiger partial charge in [-0.1, -0.05) is 0 Å². The summed E-state index contributed by atoms with van der Waals surface area (Å²) in [6, 6.07) is 5.99. The first-order chi connectivity index (χ1) is 17.1. The first-order valence-electron chi connectivity index (χ1n) is 9.64. The highest BCUT2D eigenvalue weighted by atomic mass is 32.3. The number of rotatable bonds is 7. The zero-order valence-corrected chi connectivity index (χ0v) is 19.3. The van der Waals surface area contributed by atoms with Gasteiger partial charge in [0.25, 0.3) is 22.7 Å². The fraction of sp³-hybridized carbons (Fsp3) is 0.158. The molecule has 0 saturated carbocycles. The van der Waals surface area contributed by atoms with E-state index in [-0.39, 0.29) is 11.1 Å². The van der Waals surface area contributed by atoms with E-state index in [4.69, 9.17) is 17.5 Å². The quantitative estimate of drug-likeness (QED) is 0.175. The molecule has 0 radical (unpaired) electrons. The van der Waals surface area contributed by atoms with Gasteiger partial charge in [0.15, 0.2) is 5.57 Å². The normalized spacial score (nSPS) is 12.6. The summed E-state index contributed by atoms with van der Waals surface area (Å²) >= 11 is 0. The lowest BCUT2D eigenvalue weighted by molar-refractivity contribution is -0.395. The molecule has 2 aromatic rings. The molecule has 0 fully saturated rings. The maximum Gasteiger partial charge on any atom is 0.280 e. The Hall–Kier alpha value is -4.90. The number of benzene rings is 2. The molecule has 37 heavy (non-hydrogen) atoms. The van der Waals surface area contributed by atoms with Crippen LogP contribution in [0.15, 0.2) is 54.2 Å². The van der Waals surface area contributed by atoms with E-state index in [2.05, 4.69) is 6.08 Å². The lowest BCUT2D eigenvalue weighted by atomic mass is 9.82. The van der Waals surface area contributed by atoms with Gasteiger partial charge in [-0.15, -0.1) is 0 Å². The molecule has 2 aromatic carbocycles. The van der Waals surface area contributed by atoms with Crippen LogP contribution < -0.4 is 0 Å². The Bertz CT molecular complexity index is 1350. The van der Waals surface area contributed by atoms with Gasteiger partial charge in [0.2, 0.25) is 10.4 Å². The van der Waals surface area contributed by atoms with Crippen LogP contribution in [0.2, 0.25) is 0 Å². The highest BCUT2D eigenvalue weighted by Crippen LogP contribution is 2.43. The third-order valence-corrected chi connectivity index (χ3v) is 4.83. The van der Waals surface area contributed by atoms with Gasteiger partial charge in [-0.2, -0.15) is 0 Å². The number of nitro groups is 4. The van der Waals surface area contributed by atoms with Crippen molar-refractivity contribution in [1.82, 2.24) is 4.90 Å². The zero-order valence-electron chi connectivity index (χ0n) is 18.5. The molecule has 3 rings (SSSR count). The van der Waals surface area contributed by atoms with Crippen LogP contribution in [0, 0.1) is 46.5 Å². The fourth-order valence-electron chi connectivity index (χ4n) is 3.34. The van der Waals surface area contributed by atoms with Gasteiger partial charge in [-0.3, -0.25) is 45.0 Å². The van der Waals surface area contributed by atoms with E-state index in [1.165, 1.54) is 0 Å². The average molecular weight is 537 g/mol. The summed E-state index contributed by atoms with van der Waals surface area (Å²) in [7, 11) is -3.17. The summed E-state index contributed by atoms with van der Waals surface area (Å²) in [5.74, 6) is -1.12. The minimum atomic E-state index is -4.92. The Morgan fingerprint density at radius 3 is 1.57 bits per heavy atom. The molecule has 0 amide bonds. The molecule has 1 aliphatic heterocycles. The van der Waals surface area contributed by atoms with E-state index < -0.39 is 58.8 Å². The van der Waals surface area contributed by atoms with Crippen LogP contribution in [0.25, 0.3) is 0 Å². The monoisotopic (exact) mass is 537 g/mol. The van der Waals surface area contributed by atoms with Gasteiger partial charge in [-0.25, -0.2) is 8.42 Å². The maximum atomic E-state index is 11.7. The van der Waals surface area contributed by atoms with E-state index in [9.17, 15) is 40.5 Å². The molecular weight excluding hydrogens is 522 g/mol. The predicted octanol–water partition coefficient (Wildman–Crippen LogP) is 2.64. The lowest BCUT2D eigenvalue weighted by Crippen LogP contribution is -2.18. The Morgan fingerprint density at radius 1 is 0.865 bits per heavy atom. The minimum absolute atomic E-state index is 0.0470. The van der Waals surface area contributed by atoms with Crippen LogP contribution in [0.5, 0.6) is 0 Å². The summed E-state index contributed by atoms with van der Waals surface area (Å²) in [5, 5.41) is 45.7. The summed E-state index contributed by atoms with van der Waals surface area (Å²) in [6.07, 6.45) is 6.13. The van der Waals surface area contributed by atoms with Gasteiger partial charge in [-0.05, 0) is 12.1 Å². The number of allylic oxidation sites excluding steroid dienone is 2. The van der Waals surface area contributed by atoms with Crippen molar-refractivity contribution in [1.29, 1.82) is 0 Å². The Kier molecular flexibility index (Phi) is 8.60. The third-order valence-electron chi connectivity index (χ3n) is 4.83. The largest absolute Gasteiger partial charge is 0.726 e. The fourth-order valence-corrected chi connectivity index (χ4v) is 3.34. The second kappa shape index (κ2) is 11.2. The van der Waals surface area contributed by atoms with Crippen LogP contribution >= 0.6 is 0 Å². The van der Waals surface area contributed by atoms with Crippen LogP contribution in [0.3, 0.4) is 0 Å². The smallest absolute Gasteiger partial charge is 0.280 e. The Balaban J connectivity index is 0.000000877. The molecule has 194 valence electrons. The third kappa shape index (κ3) is 7.54. The van der Waals surface area contributed by atoms with Crippen molar-refractivity contribution in [2.75, 3.05) is 13.6 Å². The number of hydrogen-bond acceptors (Lipinski definition) is 12. The molecule has 0 unspecified atom stereocenters. The molecule has 17 nitrogen and oxygen atoms in total. The predicted molar refractivity (Wildman–Crippen MR) is 122 cm³/mol. The SMILES string of the molecule is CN1C=[C+]C(C(c2ccc([N+](=O)[O-])cc2[N+](=O)[O-])c2ccc([N+](=O)[O-])cc2[N+](=O)[O-])=CC1.O=S(=O)([O-])O. The van der Waals surface area contributed by atoms with E-state index >= 15 is 0 Å². The van der Waals surface area contributed by atoms with Crippen molar-refractivity contribution >= 4 is 33.1 Å². The molecule has 1 heterocycles. The zero-order chi connectivity index (χ0) is 28.1. The number of likely N-dealkylation sites (N-methyl/N-ethyl adjacent to an activating group) is 1. The number of non-ortho nitro benzene ring substituents is 2. The summed E-state index contributed by atoms with van der Waals surface area (Å²) in [5.41, 5.74) is -2.01. The van der Waals surface area contributed by atoms with Crippen LogP contribution in [-0.2, 0) is 10.4 Å². The van der Waals surface area contributed by atoms with Gasteiger partial charge in [0.05, 0.1) is 43.8 Å². The van der Waals surface area contributed by atoms with E-state index in [1.807, 2.05) is 0 Å². The molecular formula is C19H15N5O12S. The molecule has 0 bridgehead atoms. The molecule has 1 N–H and O–H groups in total. The Labute approximate surface area is 207 Å². The van der Waals surface area contributed by atoms with Crippen molar-refractivity contribution in [3.05, 3.63) is 112 Å². The van der Waals surface area contributed by atoms with Crippen LogP contribution in [0.4, 0.5) is 22.7 Å². The highest BCUT2D eigenvalue weighted by molar-refractivity contribution is 7.79. The number of nitro benzene ring substituents is 4. The molecule has 0 atom stereocenters. The van der Waals surface area contributed by atoms with E-state index in [0.717, 1.165) is 36.4 Å². The molecule has 1 aliphatic rings. The lowest BCUT2D eigenvalue weighted by Gasteiger charge is -2.17. The highest BCUT2D eigenvalue weighted by Gasteiger charge is 2.38. The standard InChI is InChI=1S/C19H14N5O8.H2O4S/c1-20-8-6-12(7-9-20)19(15-4-2-13(21(25)26)10-17(15)23(29)30)16-5-3-14(22(27)28)11-18(16)24(31)32;1-5(2,3)4/h2-6,9-11,19H,8H2,1H3;(H2,1,2,3,4)/q+1;/p-1. The van der Waals surface area contributed by atoms with E-state index in [1.54, 1.807) is 24.2 Å². The van der Waals surface area contributed by atoms with Gasteiger partial charge < -0.3 is 9.45 Å². The summed E-state index contributed by atoms with van der Waals surface area (Å²) < 4.78 is 32.8. The number of nitrogens with zero attached hydrogens (tertiary/aromatic N) is 5. The summed E-state index contributed by atoms with van der Waals surface area (Å²) in [4.78, 5) is 44.2. The van der Waals surface area contributed by atoms with Crippen LogP contribution in [0.1, 0.15) is 17.0 Å². The summed E-state index contributed by atoms with van der Waals surface area (Å²) in [6.45, 7) is 0.375. The second-order valence-corrected chi connectivity index (χ2v) is 8.10. The Morgan fingerprint density at radius 2 is 1.27 bits per heavy atom. The molecule has 0 aliphatic carbocycles. The first-order valence-corrected chi connectivity index (χ1v) is 11.0. The number of hydrogen-bond donors (Lipinski definition) is 1. The van der Waals surface area contributed by atoms with Gasteiger partial charge in [0.1, 0.15) is 18.8 Å². The van der Waals surface area contributed by atoms with Crippen molar-refractivity contribution in [3.63, 3.8) is 0 Å². The first kappa shape index (κ1) is 28.3. The topological polar surface area (TPSA) is 253 Å².